The van der Waals surface area contributed by atoms with Gasteiger partial charge in [-0.1, -0.05) is 38.1 Å². The average Bonchev–Trinajstić information content (AvgIpc) is 3.16. The zero-order valence-electron chi connectivity index (χ0n) is 14.1. The number of rotatable bonds is 5. The summed E-state index contributed by atoms with van der Waals surface area (Å²) in [5, 5.41) is 3.97. The molecule has 2 atom stereocenters. The minimum absolute atomic E-state index is 0.0342. The standard InChI is InChI=1S/C18H25NO3S/c1-4-18(2,3)15-7-9-16(10-8-15)23(20,21)22-19-17-12-13-5-6-14(17)11-13/h7-10,13-14H,4-6,11-12H2,1-3H3. The molecule has 0 amide bonds. The molecule has 23 heavy (non-hydrogen) atoms. The molecule has 0 heterocycles. The van der Waals surface area contributed by atoms with Crippen LogP contribution in [0.1, 0.15) is 58.4 Å². The van der Waals surface area contributed by atoms with Crippen molar-refractivity contribution < 1.29 is 12.7 Å². The summed E-state index contributed by atoms with van der Waals surface area (Å²) in [5.41, 5.74) is 2.08. The van der Waals surface area contributed by atoms with Gasteiger partial charge >= 0.3 is 10.1 Å². The van der Waals surface area contributed by atoms with E-state index < -0.39 is 10.1 Å². The summed E-state index contributed by atoms with van der Waals surface area (Å²) in [7, 11) is -3.82. The van der Waals surface area contributed by atoms with Gasteiger partial charge in [-0.3, -0.25) is 4.28 Å². The zero-order chi connectivity index (χ0) is 16.7. The molecule has 0 spiro atoms. The van der Waals surface area contributed by atoms with Crippen LogP contribution in [0.15, 0.2) is 34.3 Å². The largest absolute Gasteiger partial charge is 0.358 e. The van der Waals surface area contributed by atoms with Gasteiger partial charge in [0.05, 0.1) is 5.71 Å². The third-order valence-corrected chi connectivity index (χ3v) is 6.69. The third-order valence-electron chi connectivity index (χ3n) is 5.57. The number of hydrogen-bond acceptors (Lipinski definition) is 4. The Kier molecular flexibility index (Phi) is 4.25. The second kappa shape index (κ2) is 5.93. The second-order valence-electron chi connectivity index (χ2n) is 7.45. The van der Waals surface area contributed by atoms with Gasteiger partial charge in [-0.15, -0.1) is 0 Å². The summed E-state index contributed by atoms with van der Waals surface area (Å²) in [4.78, 5) is 0.167. The van der Waals surface area contributed by atoms with Gasteiger partial charge < -0.3 is 0 Å². The molecule has 2 aliphatic carbocycles. The molecule has 3 rings (SSSR count). The Labute approximate surface area is 139 Å². The molecule has 0 aromatic heterocycles. The van der Waals surface area contributed by atoms with Crippen molar-refractivity contribution in [3.63, 3.8) is 0 Å². The van der Waals surface area contributed by atoms with Gasteiger partial charge in [0.15, 0.2) is 0 Å². The Morgan fingerprint density at radius 1 is 1.22 bits per heavy atom. The van der Waals surface area contributed by atoms with Gasteiger partial charge in [0, 0.05) is 5.92 Å². The molecule has 126 valence electrons. The molecule has 0 radical (unpaired) electrons. The summed E-state index contributed by atoms with van der Waals surface area (Å²) < 4.78 is 29.6. The fraction of sp³-hybridized carbons (Fsp3) is 0.611. The lowest BCUT2D eigenvalue weighted by Crippen LogP contribution is -2.15. The quantitative estimate of drug-likeness (QED) is 0.756. The predicted molar refractivity (Wildman–Crippen MR) is 90.9 cm³/mol. The highest BCUT2D eigenvalue weighted by Crippen LogP contribution is 2.42. The van der Waals surface area contributed by atoms with Crippen molar-refractivity contribution >= 4 is 15.8 Å². The van der Waals surface area contributed by atoms with E-state index in [-0.39, 0.29) is 10.3 Å². The zero-order valence-corrected chi connectivity index (χ0v) is 14.9. The van der Waals surface area contributed by atoms with Crippen LogP contribution in [0.5, 0.6) is 0 Å². The minimum Gasteiger partial charge on any atom is -0.265 e. The van der Waals surface area contributed by atoms with Crippen LogP contribution < -0.4 is 0 Å². The van der Waals surface area contributed by atoms with E-state index in [0.717, 1.165) is 37.0 Å². The van der Waals surface area contributed by atoms with E-state index in [4.69, 9.17) is 4.28 Å². The van der Waals surface area contributed by atoms with E-state index in [9.17, 15) is 8.42 Å². The molecule has 0 N–H and O–H groups in total. The number of fused-ring (bicyclic) bond motifs is 2. The third kappa shape index (κ3) is 3.30. The highest BCUT2D eigenvalue weighted by molar-refractivity contribution is 7.86. The first kappa shape index (κ1) is 16.5. The van der Waals surface area contributed by atoms with Gasteiger partial charge in [-0.05, 0) is 61.1 Å². The van der Waals surface area contributed by atoms with E-state index in [0.29, 0.717) is 11.8 Å². The average molecular weight is 335 g/mol. The van der Waals surface area contributed by atoms with E-state index >= 15 is 0 Å². The molecule has 2 saturated carbocycles. The molecule has 0 saturated heterocycles. The smallest absolute Gasteiger partial charge is 0.265 e. The Morgan fingerprint density at radius 2 is 1.91 bits per heavy atom. The molecule has 4 nitrogen and oxygen atoms in total. The van der Waals surface area contributed by atoms with Gasteiger partial charge in [-0.25, -0.2) is 0 Å². The van der Waals surface area contributed by atoms with Gasteiger partial charge in [0.25, 0.3) is 0 Å². The summed E-state index contributed by atoms with van der Waals surface area (Å²) in [6, 6.07) is 6.96. The number of benzene rings is 1. The van der Waals surface area contributed by atoms with Crippen LogP contribution in [0.25, 0.3) is 0 Å². The first-order chi connectivity index (χ1) is 10.8. The van der Waals surface area contributed by atoms with E-state index in [1.54, 1.807) is 12.1 Å². The van der Waals surface area contributed by atoms with E-state index in [1.165, 1.54) is 6.42 Å². The van der Waals surface area contributed by atoms with Crippen molar-refractivity contribution in [1.29, 1.82) is 0 Å². The highest BCUT2D eigenvalue weighted by atomic mass is 32.2. The lowest BCUT2D eigenvalue weighted by molar-refractivity contribution is 0.334. The van der Waals surface area contributed by atoms with Crippen LogP contribution in [0.4, 0.5) is 0 Å². The van der Waals surface area contributed by atoms with Crippen molar-refractivity contribution in [3.8, 4) is 0 Å². The van der Waals surface area contributed by atoms with Crippen LogP contribution in [0.3, 0.4) is 0 Å². The SMILES string of the molecule is CCC(C)(C)c1ccc(S(=O)(=O)ON=C2CC3CCC2C3)cc1. The van der Waals surface area contributed by atoms with Gasteiger partial charge in [0.2, 0.25) is 0 Å². The van der Waals surface area contributed by atoms with Crippen molar-refractivity contribution in [2.24, 2.45) is 17.0 Å². The van der Waals surface area contributed by atoms with Crippen LogP contribution in [0.2, 0.25) is 0 Å². The maximum atomic E-state index is 12.3. The van der Waals surface area contributed by atoms with Gasteiger partial charge in [-0.2, -0.15) is 8.42 Å². The Hall–Kier alpha value is -1.36. The van der Waals surface area contributed by atoms with Crippen LogP contribution >= 0.6 is 0 Å². The van der Waals surface area contributed by atoms with Gasteiger partial charge in [0.1, 0.15) is 4.90 Å². The number of oxime groups is 1. The Balaban J connectivity index is 1.74. The summed E-state index contributed by atoms with van der Waals surface area (Å²) in [6.45, 7) is 6.42. The molecule has 2 aliphatic rings. The second-order valence-corrected chi connectivity index (χ2v) is 8.98. The van der Waals surface area contributed by atoms with Crippen molar-refractivity contribution in [3.05, 3.63) is 29.8 Å². The van der Waals surface area contributed by atoms with E-state index in [1.807, 2.05) is 12.1 Å². The molecular weight excluding hydrogens is 310 g/mol. The van der Waals surface area contributed by atoms with Crippen LogP contribution in [-0.2, 0) is 19.8 Å². The fourth-order valence-electron chi connectivity index (χ4n) is 3.55. The Bertz CT molecular complexity index is 704. The molecule has 2 bridgehead atoms. The first-order valence-corrected chi connectivity index (χ1v) is 9.83. The molecule has 0 aliphatic heterocycles. The Morgan fingerprint density at radius 3 is 2.43 bits per heavy atom. The summed E-state index contributed by atoms with van der Waals surface area (Å²) in [6.07, 6.45) is 5.39. The summed E-state index contributed by atoms with van der Waals surface area (Å²) in [5.74, 6) is 1.11. The maximum absolute atomic E-state index is 12.3. The molecule has 5 heteroatoms. The summed E-state index contributed by atoms with van der Waals surface area (Å²) >= 11 is 0. The van der Waals surface area contributed by atoms with Crippen LogP contribution in [0, 0.1) is 11.8 Å². The van der Waals surface area contributed by atoms with Crippen LogP contribution in [-0.4, -0.2) is 14.1 Å². The maximum Gasteiger partial charge on any atom is 0.358 e. The molecule has 2 unspecified atom stereocenters. The fourth-order valence-corrected chi connectivity index (χ4v) is 4.30. The highest BCUT2D eigenvalue weighted by Gasteiger charge is 2.37. The topological polar surface area (TPSA) is 55.7 Å². The lowest BCUT2D eigenvalue weighted by atomic mass is 9.82. The molecular formula is C18H25NO3S. The first-order valence-electron chi connectivity index (χ1n) is 8.43. The minimum atomic E-state index is -3.82. The molecule has 1 aromatic carbocycles. The number of hydrogen-bond donors (Lipinski definition) is 0. The number of nitrogens with zero attached hydrogens (tertiary/aromatic N) is 1. The molecule has 1 aromatic rings. The van der Waals surface area contributed by atoms with Crippen molar-refractivity contribution in [2.75, 3.05) is 0 Å². The van der Waals surface area contributed by atoms with Crippen molar-refractivity contribution in [1.82, 2.24) is 0 Å². The predicted octanol–water partition coefficient (Wildman–Crippen LogP) is 4.26. The van der Waals surface area contributed by atoms with E-state index in [2.05, 4.69) is 25.9 Å². The monoisotopic (exact) mass is 335 g/mol. The molecule has 2 fully saturated rings. The lowest BCUT2D eigenvalue weighted by Gasteiger charge is -2.23. The normalized spacial score (nSPS) is 26.0. The van der Waals surface area contributed by atoms with Crippen molar-refractivity contribution in [2.45, 2.75) is 63.2 Å².